The molecule has 1 aliphatic heterocycles. The lowest BCUT2D eigenvalue weighted by Crippen LogP contribution is -2.42. The smallest absolute Gasteiger partial charge is 0.188 e. The number of ether oxygens (including phenoxy) is 1. The summed E-state index contributed by atoms with van der Waals surface area (Å²) >= 11 is 0. The molecule has 1 saturated heterocycles. The zero-order chi connectivity index (χ0) is 18.9. The summed E-state index contributed by atoms with van der Waals surface area (Å²) in [4.78, 5) is 7.02. The number of rotatable bonds is 7. The van der Waals surface area contributed by atoms with Crippen LogP contribution in [-0.4, -0.2) is 37.6 Å². The van der Waals surface area contributed by atoms with Gasteiger partial charge in [0.25, 0.3) is 0 Å². The molecule has 0 radical (unpaired) electrons. The summed E-state index contributed by atoms with van der Waals surface area (Å²) in [5, 5.41) is 3.33. The Labute approximate surface area is 162 Å². The predicted molar refractivity (Wildman–Crippen MR) is 111 cm³/mol. The second kappa shape index (κ2) is 9.97. The van der Waals surface area contributed by atoms with Gasteiger partial charge in [-0.1, -0.05) is 48.9 Å². The van der Waals surface area contributed by atoms with Gasteiger partial charge in [0.2, 0.25) is 0 Å². The van der Waals surface area contributed by atoms with Crippen LogP contribution in [0.25, 0.3) is 0 Å². The number of nitrogens with one attached hydrogen (secondary N) is 1. The first-order chi connectivity index (χ1) is 13.3. The molecule has 0 aliphatic carbocycles. The van der Waals surface area contributed by atoms with Crippen LogP contribution in [0.4, 0.5) is 0 Å². The van der Waals surface area contributed by atoms with Crippen LogP contribution >= 0.6 is 0 Å². The highest BCUT2D eigenvalue weighted by Gasteiger charge is 2.22. The van der Waals surface area contributed by atoms with Gasteiger partial charge in [0.15, 0.2) is 5.96 Å². The third-order valence-electron chi connectivity index (χ3n) is 5.08. The van der Waals surface area contributed by atoms with Gasteiger partial charge in [-0.25, -0.2) is 4.99 Å². The number of methoxy groups -OCH3 is 1. The molecule has 0 spiro atoms. The lowest BCUT2D eigenvalue weighted by molar-refractivity contribution is 0.164. The van der Waals surface area contributed by atoms with E-state index in [-0.39, 0.29) is 6.04 Å². The molecule has 2 aromatic carbocycles. The molecule has 0 bridgehead atoms. The topological polar surface area (TPSA) is 62.9 Å². The van der Waals surface area contributed by atoms with Gasteiger partial charge in [0.05, 0.1) is 19.7 Å². The number of benzene rings is 2. The van der Waals surface area contributed by atoms with Gasteiger partial charge in [0.1, 0.15) is 5.75 Å². The highest BCUT2D eigenvalue weighted by molar-refractivity contribution is 5.77. The number of likely N-dealkylation sites (tertiary alicyclic amines) is 1. The fraction of sp³-hybridized carbons (Fsp3) is 0.409. The van der Waals surface area contributed by atoms with Crippen LogP contribution < -0.4 is 15.8 Å². The predicted octanol–water partition coefficient (Wildman–Crippen LogP) is 3.33. The fourth-order valence-electron chi connectivity index (χ4n) is 3.53. The van der Waals surface area contributed by atoms with Crippen LogP contribution in [0.2, 0.25) is 0 Å². The molecular weight excluding hydrogens is 336 g/mol. The number of nitrogens with two attached hydrogens (primary N) is 1. The molecule has 3 rings (SSSR count). The van der Waals surface area contributed by atoms with Crippen LogP contribution in [0.5, 0.6) is 5.75 Å². The highest BCUT2D eigenvalue weighted by Crippen LogP contribution is 2.25. The van der Waals surface area contributed by atoms with E-state index in [4.69, 9.17) is 10.5 Å². The van der Waals surface area contributed by atoms with Crippen molar-refractivity contribution < 1.29 is 4.74 Å². The van der Waals surface area contributed by atoms with Gasteiger partial charge in [-0.15, -0.1) is 0 Å². The fourth-order valence-corrected chi connectivity index (χ4v) is 3.53. The van der Waals surface area contributed by atoms with E-state index in [1.165, 1.54) is 24.8 Å². The molecule has 1 heterocycles. The minimum atomic E-state index is 0.279. The van der Waals surface area contributed by atoms with Crippen LogP contribution in [0.1, 0.15) is 36.4 Å². The van der Waals surface area contributed by atoms with E-state index in [0.29, 0.717) is 12.5 Å². The summed E-state index contributed by atoms with van der Waals surface area (Å²) in [6.45, 7) is 3.59. The molecule has 0 amide bonds. The van der Waals surface area contributed by atoms with Crippen molar-refractivity contribution in [2.45, 2.75) is 31.8 Å². The minimum absolute atomic E-state index is 0.279. The van der Waals surface area contributed by atoms with Crippen LogP contribution in [0.15, 0.2) is 59.6 Å². The van der Waals surface area contributed by atoms with Crippen molar-refractivity contribution in [3.8, 4) is 5.75 Å². The molecule has 1 fully saturated rings. The van der Waals surface area contributed by atoms with Gasteiger partial charge in [0, 0.05) is 6.54 Å². The molecule has 27 heavy (non-hydrogen) atoms. The molecule has 0 aromatic heterocycles. The van der Waals surface area contributed by atoms with Crippen molar-refractivity contribution in [1.29, 1.82) is 0 Å². The van der Waals surface area contributed by atoms with Gasteiger partial charge < -0.3 is 15.8 Å². The quantitative estimate of drug-likeness (QED) is 0.583. The first kappa shape index (κ1) is 19.2. The minimum Gasteiger partial charge on any atom is -0.497 e. The van der Waals surface area contributed by atoms with E-state index >= 15 is 0 Å². The first-order valence-electron chi connectivity index (χ1n) is 9.72. The Hall–Kier alpha value is -2.53. The second-order valence-electron chi connectivity index (χ2n) is 6.95. The zero-order valence-corrected chi connectivity index (χ0v) is 16.1. The van der Waals surface area contributed by atoms with Gasteiger partial charge >= 0.3 is 0 Å². The molecule has 3 N–H and O–H groups in total. The molecular formula is C22H30N4O. The average molecular weight is 367 g/mol. The van der Waals surface area contributed by atoms with Gasteiger partial charge in [-0.2, -0.15) is 0 Å². The summed E-state index contributed by atoms with van der Waals surface area (Å²) in [6.07, 6.45) is 3.83. The molecule has 144 valence electrons. The van der Waals surface area contributed by atoms with E-state index in [1.807, 2.05) is 30.3 Å². The zero-order valence-electron chi connectivity index (χ0n) is 16.1. The molecule has 0 saturated carbocycles. The van der Waals surface area contributed by atoms with E-state index in [9.17, 15) is 0 Å². The summed E-state index contributed by atoms with van der Waals surface area (Å²) < 4.78 is 5.30. The van der Waals surface area contributed by atoms with Crippen molar-refractivity contribution >= 4 is 5.96 Å². The number of aliphatic imine (C=N–C) groups is 1. The molecule has 1 atom stereocenters. The monoisotopic (exact) mass is 366 g/mol. The molecule has 5 heteroatoms. The third kappa shape index (κ3) is 5.73. The van der Waals surface area contributed by atoms with Crippen molar-refractivity contribution in [2.75, 3.05) is 26.7 Å². The standard InChI is InChI=1S/C22H30N4O/c1-27-20-12-10-19(11-13-20)21(26-14-6-3-7-15-26)17-25-22(23)24-16-18-8-4-2-5-9-18/h2,4-5,8-13,21H,3,6-7,14-17H2,1H3,(H3,23,24,25)/t21-/m1/s1. The number of nitrogens with zero attached hydrogens (tertiary/aromatic N) is 2. The second-order valence-corrected chi connectivity index (χ2v) is 6.95. The average Bonchev–Trinajstić information content (AvgIpc) is 2.74. The van der Waals surface area contributed by atoms with E-state index in [2.05, 4.69) is 39.5 Å². The Bertz CT molecular complexity index is 709. The lowest BCUT2D eigenvalue weighted by atomic mass is 10.0. The van der Waals surface area contributed by atoms with Crippen molar-refractivity contribution in [2.24, 2.45) is 10.7 Å². The maximum atomic E-state index is 6.12. The van der Waals surface area contributed by atoms with Crippen LogP contribution in [0.3, 0.4) is 0 Å². The van der Waals surface area contributed by atoms with Crippen molar-refractivity contribution in [1.82, 2.24) is 10.2 Å². The van der Waals surface area contributed by atoms with Crippen LogP contribution in [0, 0.1) is 0 Å². The number of hydrogen-bond donors (Lipinski definition) is 2. The highest BCUT2D eigenvalue weighted by atomic mass is 16.5. The SMILES string of the molecule is COc1ccc([C@@H](CNC(N)=NCc2ccccc2)N2CCCCC2)cc1. The first-order valence-corrected chi connectivity index (χ1v) is 9.72. The van der Waals surface area contributed by atoms with Gasteiger partial charge in [-0.3, -0.25) is 4.90 Å². The van der Waals surface area contributed by atoms with Crippen LogP contribution in [-0.2, 0) is 6.54 Å². The number of hydrogen-bond acceptors (Lipinski definition) is 3. The molecule has 1 aliphatic rings. The summed E-state index contributed by atoms with van der Waals surface area (Å²) in [6, 6.07) is 18.8. The maximum Gasteiger partial charge on any atom is 0.188 e. The Morgan fingerprint density at radius 3 is 2.44 bits per heavy atom. The number of piperidine rings is 1. The Morgan fingerprint density at radius 2 is 1.78 bits per heavy atom. The maximum absolute atomic E-state index is 6.12. The molecule has 2 aromatic rings. The third-order valence-corrected chi connectivity index (χ3v) is 5.08. The van der Waals surface area contributed by atoms with E-state index in [1.54, 1.807) is 7.11 Å². The Morgan fingerprint density at radius 1 is 1.07 bits per heavy atom. The van der Waals surface area contributed by atoms with E-state index in [0.717, 1.165) is 30.9 Å². The Balaban J connectivity index is 1.65. The lowest BCUT2D eigenvalue weighted by Gasteiger charge is -2.35. The molecule has 0 unspecified atom stereocenters. The van der Waals surface area contributed by atoms with Crippen molar-refractivity contribution in [3.05, 3.63) is 65.7 Å². The number of guanidine groups is 1. The normalized spacial score (nSPS) is 16.7. The van der Waals surface area contributed by atoms with E-state index < -0.39 is 0 Å². The largest absolute Gasteiger partial charge is 0.497 e. The summed E-state index contributed by atoms with van der Waals surface area (Å²) in [7, 11) is 1.70. The summed E-state index contributed by atoms with van der Waals surface area (Å²) in [5.74, 6) is 1.38. The van der Waals surface area contributed by atoms with Crippen molar-refractivity contribution in [3.63, 3.8) is 0 Å². The Kier molecular flexibility index (Phi) is 7.11. The summed E-state index contributed by atoms with van der Waals surface area (Å²) in [5.41, 5.74) is 8.56. The molecule has 5 nitrogen and oxygen atoms in total. The van der Waals surface area contributed by atoms with Gasteiger partial charge in [-0.05, 0) is 49.2 Å².